The SMILES string of the molecule is COc1cccc(/C=C/C(=O)N2CCC=CS2(=O)=O)c1. The van der Waals surface area contributed by atoms with Crippen LogP contribution in [-0.4, -0.2) is 32.3 Å². The molecule has 1 aliphatic heterocycles. The molecule has 0 bridgehead atoms. The first-order valence-corrected chi connectivity index (χ1v) is 7.58. The molecule has 0 saturated carbocycles. The van der Waals surface area contributed by atoms with Crippen LogP contribution >= 0.6 is 0 Å². The van der Waals surface area contributed by atoms with Gasteiger partial charge in [0.05, 0.1) is 7.11 Å². The highest BCUT2D eigenvalue weighted by Crippen LogP contribution is 2.15. The molecule has 1 aromatic carbocycles. The highest BCUT2D eigenvalue weighted by atomic mass is 32.2. The third kappa shape index (κ3) is 3.27. The minimum absolute atomic E-state index is 0.181. The third-order valence-electron chi connectivity index (χ3n) is 2.83. The van der Waals surface area contributed by atoms with Crippen molar-refractivity contribution in [2.45, 2.75) is 6.42 Å². The Morgan fingerprint density at radius 3 is 2.90 bits per heavy atom. The second kappa shape index (κ2) is 5.92. The number of amides is 1. The first kappa shape index (κ1) is 14.3. The lowest BCUT2D eigenvalue weighted by atomic mass is 10.2. The fourth-order valence-electron chi connectivity index (χ4n) is 1.81. The molecule has 0 fully saturated rings. The predicted molar refractivity (Wildman–Crippen MR) is 76.4 cm³/mol. The number of methoxy groups -OCH3 is 1. The largest absolute Gasteiger partial charge is 0.497 e. The van der Waals surface area contributed by atoms with Crippen molar-refractivity contribution in [3.63, 3.8) is 0 Å². The second-order valence-corrected chi connectivity index (χ2v) is 5.97. The lowest BCUT2D eigenvalue weighted by Gasteiger charge is -2.21. The number of benzene rings is 1. The zero-order valence-corrected chi connectivity index (χ0v) is 11.8. The molecule has 5 nitrogen and oxygen atoms in total. The fraction of sp³-hybridized carbons (Fsp3) is 0.214. The molecule has 0 aromatic heterocycles. The van der Waals surface area contributed by atoms with Crippen molar-refractivity contribution < 1.29 is 17.9 Å². The van der Waals surface area contributed by atoms with Crippen LogP contribution in [0.2, 0.25) is 0 Å². The molecule has 1 heterocycles. The summed E-state index contributed by atoms with van der Waals surface area (Å²) in [6.45, 7) is 0.181. The summed E-state index contributed by atoms with van der Waals surface area (Å²) >= 11 is 0. The summed E-state index contributed by atoms with van der Waals surface area (Å²) in [5, 5.41) is 1.06. The standard InChI is InChI=1S/C14H15NO4S/c1-19-13-6-4-5-12(11-13)7-8-14(16)15-9-2-3-10-20(15,17)18/h3-8,10-11H,2,9H2,1H3/b8-7+. The maximum Gasteiger partial charge on any atom is 0.260 e. The highest BCUT2D eigenvalue weighted by Gasteiger charge is 2.25. The normalized spacial score (nSPS) is 17.4. The molecule has 6 heteroatoms. The molecule has 0 aliphatic carbocycles. The monoisotopic (exact) mass is 293 g/mol. The van der Waals surface area contributed by atoms with E-state index in [4.69, 9.17) is 4.74 Å². The Kier molecular flexibility index (Phi) is 4.24. The smallest absolute Gasteiger partial charge is 0.260 e. The molecule has 0 N–H and O–H groups in total. The van der Waals surface area contributed by atoms with Crippen molar-refractivity contribution in [1.29, 1.82) is 0 Å². The van der Waals surface area contributed by atoms with Crippen LogP contribution in [0.3, 0.4) is 0 Å². The molecule has 20 heavy (non-hydrogen) atoms. The Labute approximate surface area is 118 Å². The molecule has 2 rings (SSSR count). The number of carbonyl (C=O) groups excluding carboxylic acids is 1. The molecule has 0 spiro atoms. The summed E-state index contributed by atoms with van der Waals surface area (Å²) in [4.78, 5) is 11.9. The van der Waals surface area contributed by atoms with Gasteiger partial charge in [0.2, 0.25) is 0 Å². The average Bonchev–Trinajstić information content (AvgIpc) is 2.44. The molecule has 0 radical (unpaired) electrons. The molecule has 1 aromatic rings. The Morgan fingerprint density at radius 2 is 2.20 bits per heavy atom. The number of hydrogen-bond acceptors (Lipinski definition) is 4. The van der Waals surface area contributed by atoms with E-state index in [1.807, 2.05) is 0 Å². The van der Waals surface area contributed by atoms with Gasteiger partial charge in [0.15, 0.2) is 0 Å². The summed E-state index contributed by atoms with van der Waals surface area (Å²) in [5.74, 6) is 0.130. The lowest BCUT2D eigenvalue weighted by Crippen LogP contribution is -2.36. The van der Waals surface area contributed by atoms with Crippen LogP contribution in [0, 0.1) is 0 Å². The van der Waals surface area contributed by atoms with Gasteiger partial charge in [0, 0.05) is 18.0 Å². The van der Waals surface area contributed by atoms with Gasteiger partial charge in [-0.25, -0.2) is 12.7 Å². The predicted octanol–water partition coefficient (Wildman–Crippen LogP) is 1.78. The van der Waals surface area contributed by atoms with Crippen LogP contribution in [0.4, 0.5) is 0 Å². The van der Waals surface area contributed by atoms with Gasteiger partial charge in [-0.2, -0.15) is 0 Å². The highest BCUT2D eigenvalue weighted by molar-refractivity contribution is 7.92. The zero-order valence-electron chi connectivity index (χ0n) is 11.0. The number of hydrogen-bond donors (Lipinski definition) is 0. The van der Waals surface area contributed by atoms with Gasteiger partial charge in [0.25, 0.3) is 15.9 Å². The Balaban J connectivity index is 2.15. The molecule has 0 atom stereocenters. The van der Waals surface area contributed by atoms with Gasteiger partial charge >= 0.3 is 0 Å². The first-order valence-electron chi connectivity index (χ1n) is 6.08. The van der Waals surface area contributed by atoms with Crippen LogP contribution in [0.25, 0.3) is 6.08 Å². The summed E-state index contributed by atoms with van der Waals surface area (Å²) in [6, 6.07) is 7.15. The van der Waals surface area contributed by atoms with Crippen molar-refractivity contribution in [2.24, 2.45) is 0 Å². The minimum Gasteiger partial charge on any atom is -0.497 e. The number of sulfonamides is 1. The first-order chi connectivity index (χ1) is 9.53. The molecule has 0 saturated heterocycles. The molecule has 0 unspecified atom stereocenters. The van der Waals surface area contributed by atoms with Crippen LogP contribution in [0.15, 0.2) is 41.8 Å². The number of ether oxygens (including phenoxy) is 1. The van der Waals surface area contributed by atoms with E-state index in [2.05, 4.69) is 0 Å². The van der Waals surface area contributed by atoms with E-state index in [1.54, 1.807) is 43.5 Å². The van der Waals surface area contributed by atoms with E-state index in [9.17, 15) is 13.2 Å². The number of rotatable bonds is 3. The topological polar surface area (TPSA) is 63.7 Å². The number of nitrogens with zero attached hydrogens (tertiary/aromatic N) is 1. The van der Waals surface area contributed by atoms with Crippen LogP contribution in [0.5, 0.6) is 5.75 Å². The van der Waals surface area contributed by atoms with E-state index in [0.717, 1.165) is 15.3 Å². The Bertz CT molecular complexity index is 662. The van der Waals surface area contributed by atoms with Gasteiger partial charge in [-0.05, 0) is 30.2 Å². The van der Waals surface area contributed by atoms with Gasteiger partial charge < -0.3 is 4.74 Å². The molecular weight excluding hydrogens is 278 g/mol. The van der Waals surface area contributed by atoms with Gasteiger partial charge in [-0.15, -0.1) is 0 Å². The number of carbonyl (C=O) groups is 1. The van der Waals surface area contributed by atoms with Gasteiger partial charge in [-0.3, -0.25) is 4.79 Å². The van der Waals surface area contributed by atoms with Gasteiger partial charge in [-0.1, -0.05) is 18.2 Å². The van der Waals surface area contributed by atoms with Crippen LogP contribution < -0.4 is 4.74 Å². The molecule has 1 aliphatic rings. The molecule has 106 valence electrons. The summed E-state index contributed by atoms with van der Waals surface area (Å²) < 4.78 is 29.3. The van der Waals surface area contributed by atoms with E-state index in [1.165, 1.54) is 6.08 Å². The second-order valence-electron chi connectivity index (χ2n) is 4.23. The van der Waals surface area contributed by atoms with E-state index in [-0.39, 0.29) is 6.54 Å². The van der Waals surface area contributed by atoms with Crippen molar-refractivity contribution in [1.82, 2.24) is 4.31 Å². The minimum atomic E-state index is -3.61. The van der Waals surface area contributed by atoms with Crippen LogP contribution in [0.1, 0.15) is 12.0 Å². The van der Waals surface area contributed by atoms with E-state index in [0.29, 0.717) is 12.2 Å². The Hall–Kier alpha value is -2.08. The quantitative estimate of drug-likeness (QED) is 0.797. The van der Waals surface area contributed by atoms with Crippen molar-refractivity contribution in [3.8, 4) is 5.75 Å². The lowest BCUT2D eigenvalue weighted by molar-refractivity contribution is -0.121. The maximum atomic E-state index is 11.9. The van der Waals surface area contributed by atoms with Crippen molar-refractivity contribution in [2.75, 3.05) is 13.7 Å². The zero-order chi connectivity index (χ0) is 14.6. The van der Waals surface area contributed by atoms with Gasteiger partial charge in [0.1, 0.15) is 5.75 Å². The van der Waals surface area contributed by atoms with E-state index < -0.39 is 15.9 Å². The summed E-state index contributed by atoms with van der Waals surface area (Å²) in [6.07, 6.45) is 4.91. The van der Waals surface area contributed by atoms with Crippen molar-refractivity contribution >= 4 is 22.0 Å². The Morgan fingerprint density at radius 1 is 1.40 bits per heavy atom. The molecule has 1 amide bonds. The fourth-order valence-corrected chi connectivity index (χ4v) is 3.01. The summed E-state index contributed by atoms with van der Waals surface area (Å²) in [5.41, 5.74) is 0.766. The van der Waals surface area contributed by atoms with Crippen molar-refractivity contribution in [3.05, 3.63) is 47.4 Å². The van der Waals surface area contributed by atoms with Crippen LogP contribution in [-0.2, 0) is 14.8 Å². The molecular formula is C14H15NO4S. The third-order valence-corrected chi connectivity index (χ3v) is 4.35. The maximum absolute atomic E-state index is 11.9. The average molecular weight is 293 g/mol. The van der Waals surface area contributed by atoms with E-state index >= 15 is 0 Å². The summed E-state index contributed by atoms with van der Waals surface area (Å²) in [7, 11) is -2.06.